The van der Waals surface area contributed by atoms with Crippen LogP contribution in [0, 0.1) is 18.6 Å². The highest BCUT2D eigenvalue weighted by Crippen LogP contribution is 2.38. The van der Waals surface area contributed by atoms with E-state index in [4.69, 9.17) is 9.47 Å². The molecule has 0 saturated heterocycles. The Balaban J connectivity index is 2.39. The molecule has 0 aliphatic carbocycles. The molecule has 1 heterocycles. The van der Waals surface area contributed by atoms with Gasteiger partial charge in [-0.1, -0.05) is 13.8 Å². The van der Waals surface area contributed by atoms with Crippen LogP contribution in [0.4, 0.5) is 8.78 Å². The molecule has 0 amide bonds. The summed E-state index contributed by atoms with van der Waals surface area (Å²) in [5.74, 6) is -1.13. The number of rotatable bonds is 6. The third-order valence-corrected chi connectivity index (χ3v) is 4.94. The molecule has 6 heteroatoms. The van der Waals surface area contributed by atoms with Gasteiger partial charge in [0.25, 0.3) is 0 Å². The second-order valence-corrected chi connectivity index (χ2v) is 7.31. The molecule has 3 aromatic rings. The van der Waals surface area contributed by atoms with E-state index in [-0.39, 0.29) is 24.1 Å². The number of esters is 1. The van der Waals surface area contributed by atoms with Gasteiger partial charge in [-0.05, 0) is 55.7 Å². The minimum atomic E-state index is -0.501. The number of aromatic nitrogens is 1. The Morgan fingerprint density at radius 3 is 2.50 bits per heavy atom. The number of carbonyl (C=O) groups excluding carboxylic acids is 1. The molecule has 1 aromatic heterocycles. The molecular weight excluding hydrogens is 388 g/mol. The predicted molar refractivity (Wildman–Crippen MR) is 114 cm³/mol. The molecule has 0 radical (unpaired) electrons. The first kappa shape index (κ1) is 21.6. The summed E-state index contributed by atoms with van der Waals surface area (Å²) in [6, 6.07) is 7.81. The molecule has 0 aliphatic rings. The highest BCUT2D eigenvalue weighted by molar-refractivity contribution is 5.97. The van der Waals surface area contributed by atoms with Gasteiger partial charge in [0.05, 0.1) is 19.2 Å². The van der Waals surface area contributed by atoms with Gasteiger partial charge in [0, 0.05) is 34.5 Å². The van der Waals surface area contributed by atoms with Gasteiger partial charge in [0.15, 0.2) is 11.6 Å². The fourth-order valence-electron chi connectivity index (χ4n) is 3.62. The number of hydrogen-bond acceptors (Lipinski definition) is 3. The largest absolute Gasteiger partial charge is 0.494 e. The van der Waals surface area contributed by atoms with Crippen LogP contribution < -0.4 is 4.74 Å². The number of benzene rings is 2. The molecule has 158 valence electrons. The maximum Gasteiger partial charge on any atom is 0.330 e. The van der Waals surface area contributed by atoms with Crippen LogP contribution in [-0.4, -0.2) is 24.3 Å². The zero-order chi connectivity index (χ0) is 22.0. The van der Waals surface area contributed by atoms with Gasteiger partial charge in [-0.25, -0.2) is 13.6 Å². The van der Waals surface area contributed by atoms with Crippen molar-refractivity contribution >= 4 is 22.9 Å². The maximum absolute atomic E-state index is 14.6. The summed E-state index contributed by atoms with van der Waals surface area (Å²) < 4.78 is 40.6. The Kier molecular flexibility index (Phi) is 6.25. The summed E-state index contributed by atoms with van der Waals surface area (Å²) in [4.78, 5) is 11.9. The Bertz CT molecular complexity index is 1130. The van der Waals surface area contributed by atoms with Crippen molar-refractivity contribution < 1.29 is 23.0 Å². The average molecular weight is 413 g/mol. The normalized spacial score (nSPS) is 11.6. The van der Waals surface area contributed by atoms with Crippen molar-refractivity contribution in [3.63, 3.8) is 0 Å². The molecule has 0 unspecified atom stereocenters. The Labute approximate surface area is 174 Å². The zero-order valence-corrected chi connectivity index (χ0v) is 17.8. The number of fused-ring (bicyclic) bond motifs is 1. The first-order valence-electron chi connectivity index (χ1n) is 9.81. The van der Waals surface area contributed by atoms with Crippen LogP contribution in [0.5, 0.6) is 5.75 Å². The van der Waals surface area contributed by atoms with E-state index < -0.39 is 11.8 Å². The summed E-state index contributed by atoms with van der Waals surface area (Å²) in [7, 11) is 1.40. The number of ether oxygens (including phenoxy) is 2. The summed E-state index contributed by atoms with van der Waals surface area (Å²) in [6.07, 6.45) is 3.04. The molecule has 0 spiro atoms. The maximum atomic E-state index is 14.6. The second-order valence-electron chi connectivity index (χ2n) is 7.31. The summed E-state index contributed by atoms with van der Waals surface area (Å²) in [6.45, 7) is 7.72. The zero-order valence-electron chi connectivity index (χ0n) is 17.8. The van der Waals surface area contributed by atoms with Crippen LogP contribution >= 0.6 is 0 Å². The second kappa shape index (κ2) is 8.69. The first-order chi connectivity index (χ1) is 14.3. The predicted octanol–water partition coefficient (Wildman–Crippen LogP) is 5.93. The van der Waals surface area contributed by atoms with Gasteiger partial charge in [-0.15, -0.1) is 0 Å². The van der Waals surface area contributed by atoms with Crippen LogP contribution in [0.3, 0.4) is 0 Å². The minimum absolute atomic E-state index is 0.0265. The molecule has 4 nitrogen and oxygen atoms in total. The number of hydrogen-bond donors (Lipinski definition) is 0. The molecule has 0 N–H and O–H groups in total. The van der Waals surface area contributed by atoms with E-state index in [0.717, 1.165) is 16.6 Å². The molecular formula is C24H25F2NO3. The van der Waals surface area contributed by atoms with E-state index in [0.29, 0.717) is 16.8 Å². The molecule has 3 rings (SSSR count). The van der Waals surface area contributed by atoms with Crippen molar-refractivity contribution in [2.45, 2.75) is 33.6 Å². The quantitative estimate of drug-likeness (QED) is 0.372. The molecule has 0 atom stereocenters. The van der Waals surface area contributed by atoms with E-state index in [1.807, 2.05) is 18.4 Å². The lowest BCUT2D eigenvalue weighted by molar-refractivity contribution is -0.137. The van der Waals surface area contributed by atoms with Gasteiger partial charge in [0.2, 0.25) is 0 Å². The summed E-state index contributed by atoms with van der Waals surface area (Å²) in [5, 5.41) is 0.722. The SMILES string of the molecule is CCOC(=O)/C=C/c1c(C(C)C)n(-c2ccc(F)c(C)c2)c2cc(F)c(OC)cc12. The number of carbonyl (C=O) groups is 1. The van der Waals surface area contributed by atoms with E-state index in [1.165, 1.54) is 25.3 Å². The fourth-order valence-corrected chi connectivity index (χ4v) is 3.62. The fraction of sp³-hybridized carbons (Fsp3) is 0.292. The Morgan fingerprint density at radius 1 is 1.17 bits per heavy atom. The van der Waals surface area contributed by atoms with Crippen LogP contribution in [-0.2, 0) is 9.53 Å². The Hall–Kier alpha value is -3.15. The number of aryl methyl sites for hydroxylation is 1. The standard InChI is InChI=1S/C24H25F2NO3/c1-6-30-23(28)10-8-17-18-12-22(29-5)20(26)13-21(18)27(24(17)14(2)3)16-7-9-19(25)15(4)11-16/h7-14H,6H2,1-5H3/b10-8+. The van der Waals surface area contributed by atoms with Crippen molar-refractivity contribution in [2.24, 2.45) is 0 Å². The van der Waals surface area contributed by atoms with Crippen molar-refractivity contribution in [1.82, 2.24) is 4.57 Å². The van der Waals surface area contributed by atoms with Crippen molar-refractivity contribution in [3.8, 4) is 11.4 Å². The lowest BCUT2D eigenvalue weighted by Crippen LogP contribution is -2.04. The lowest BCUT2D eigenvalue weighted by atomic mass is 10.0. The van der Waals surface area contributed by atoms with Gasteiger partial charge >= 0.3 is 5.97 Å². The van der Waals surface area contributed by atoms with Gasteiger partial charge in [0.1, 0.15) is 5.82 Å². The van der Waals surface area contributed by atoms with E-state index in [1.54, 1.807) is 38.1 Å². The molecule has 0 aliphatic heterocycles. The number of halogens is 2. The molecule has 30 heavy (non-hydrogen) atoms. The summed E-state index contributed by atoms with van der Waals surface area (Å²) >= 11 is 0. The molecule has 0 fully saturated rings. The van der Waals surface area contributed by atoms with Gasteiger partial charge in [-0.3, -0.25) is 0 Å². The highest BCUT2D eigenvalue weighted by atomic mass is 19.1. The number of methoxy groups -OCH3 is 1. The van der Waals surface area contributed by atoms with Crippen LogP contribution in [0.15, 0.2) is 36.4 Å². The van der Waals surface area contributed by atoms with Crippen molar-refractivity contribution in [3.05, 3.63) is 64.9 Å². The third-order valence-electron chi connectivity index (χ3n) is 4.94. The molecule has 2 aromatic carbocycles. The van der Waals surface area contributed by atoms with Crippen LogP contribution in [0.1, 0.15) is 43.5 Å². The van der Waals surface area contributed by atoms with Crippen molar-refractivity contribution in [1.29, 1.82) is 0 Å². The van der Waals surface area contributed by atoms with E-state index in [2.05, 4.69) is 0 Å². The third kappa shape index (κ3) is 3.95. The number of nitrogens with zero attached hydrogens (tertiary/aromatic N) is 1. The van der Waals surface area contributed by atoms with Gasteiger partial charge in [-0.2, -0.15) is 0 Å². The van der Waals surface area contributed by atoms with E-state index in [9.17, 15) is 13.6 Å². The lowest BCUT2D eigenvalue weighted by Gasteiger charge is -2.15. The van der Waals surface area contributed by atoms with Crippen molar-refractivity contribution in [2.75, 3.05) is 13.7 Å². The minimum Gasteiger partial charge on any atom is -0.494 e. The monoisotopic (exact) mass is 413 g/mol. The van der Waals surface area contributed by atoms with E-state index >= 15 is 0 Å². The molecule has 0 saturated carbocycles. The van der Waals surface area contributed by atoms with Crippen LogP contribution in [0.25, 0.3) is 22.7 Å². The Morgan fingerprint density at radius 2 is 1.90 bits per heavy atom. The smallest absolute Gasteiger partial charge is 0.330 e. The topological polar surface area (TPSA) is 40.5 Å². The summed E-state index contributed by atoms with van der Waals surface area (Å²) in [5.41, 5.74) is 3.42. The van der Waals surface area contributed by atoms with Crippen LogP contribution in [0.2, 0.25) is 0 Å². The average Bonchev–Trinajstić information content (AvgIpc) is 3.01. The highest BCUT2D eigenvalue weighted by Gasteiger charge is 2.22. The first-order valence-corrected chi connectivity index (χ1v) is 9.81. The molecule has 0 bridgehead atoms. The van der Waals surface area contributed by atoms with Gasteiger partial charge < -0.3 is 14.0 Å².